The number of anilines is 1. The first-order valence-corrected chi connectivity index (χ1v) is 11.0. The van der Waals surface area contributed by atoms with Crippen LogP contribution < -0.4 is 10.1 Å². The highest BCUT2D eigenvalue weighted by atomic mass is 79.9. The summed E-state index contributed by atoms with van der Waals surface area (Å²) in [6, 6.07) is 18.8. The zero-order chi connectivity index (χ0) is 21.8. The van der Waals surface area contributed by atoms with Crippen molar-refractivity contribution < 1.29 is 14.3 Å². The van der Waals surface area contributed by atoms with Gasteiger partial charge in [0.1, 0.15) is 5.75 Å². The van der Waals surface area contributed by atoms with E-state index in [1.165, 1.54) is 0 Å². The lowest BCUT2D eigenvalue weighted by Crippen LogP contribution is -2.47. The maximum absolute atomic E-state index is 13.0. The molecule has 0 saturated carbocycles. The van der Waals surface area contributed by atoms with Gasteiger partial charge in [-0.2, -0.15) is 0 Å². The maximum Gasteiger partial charge on any atom is 0.262 e. The second-order valence-electron chi connectivity index (χ2n) is 7.58. The molecule has 1 saturated heterocycles. The average Bonchev–Trinajstić information content (AvgIpc) is 2.79. The van der Waals surface area contributed by atoms with E-state index in [9.17, 15) is 9.59 Å². The van der Waals surface area contributed by atoms with Crippen molar-refractivity contribution in [3.63, 3.8) is 0 Å². The number of hydrogen-bond acceptors (Lipinski definition) is 4. The van der Waals surface area contributed by atoms with E-state index in [1.807, 2.05) is 54.4 Å². The summed E-state index contributed by atoms with van der Waals surface area (Å²) in [6.45, 7) is 2.88. The quantitative estimate of drug-likeness (QED) is 0.597. The van der Waals surface area contributed by atoms with Crippen LogP contribution in [-0.4, -0.2) is 61.4 Å². The Labute approximate surface area is 189 Å². The van der Waals surface area contributed by atoms with Gasteiger partial charge in [-0.05, 0) is 51.9 Å². The lowest BCUT2D eigenvalue weighted by molar-refractivity contribution is -0.118. The third kappa shape index (κ3) is 4.89. The number of piperazine rings is 1. The van der Waals surface area contributed by atoms with Gasteiger partial charge in [-0.3, -0.25) is 9.59 Å². The molecular weight excluding hydrogens is 458 g/mol. The van der Waals surface area contributed by atoms with Crippen molar-refractivity contribution in [2.24, 2.45) is 0 Å². The summed E-state index contributed by atoms with van der Waals surface area (Å²) in [7, 11) is 2.05. The van der Waals surface area contributed by atoms with E-state index < -0.39 is 0 Å². The molecule has 1 N–H and O–H groups in total. The molecule has 2 amide bonds. The largest absolute Gasteiger partial charge is 0.483 e. The van der Waals surface area contributed by atoms with Crippen molar-refractivity contribution in [1.29, 1.82) is 0 Å². The first-order chi connectivity index (χ1) is 15.0. The van der Waals surface area contributed by atoms with Crippen LogP contribution in [0.2, 0.25) is 0 Å². The fraction of sp³-hybridized carbons (Fsp3) is 0.250. The number of carbonyl (C=O) groups is 2. The minimum absolute atomic E-state index is 0.0674. The number of benzene rings is 3. The molecule has 0 bridgehead atoms. The number of amides is 2. The second-order valence-corrected chi connectivity index (χ2v) is 8.37. The molecule has 4 rings (SSSR count). The average molecular weight is 482 g/mol. The molecule has 1 heterocycles. The van der Waals surface area contributed by atoms with E-state index in [2.05, 4.69) is 26.1 Å². The zero-order valence-electron chi connectivity index (χ0n) is 17.3. The monoisotopic (exact) mass is 481 g/mol. The van der Waals surface area contributed by atoms with Crippen LogP contribution in [0.25, 0.3) is 10.8 Å². The topological polar surface area (TPSA) is 61.9 Å². The number of halogens is 1. The first-order valence-electron chi connectivity index (χ1n) is 10.2. The second kappa shape index (κ2) is 9.49. The Morgan fingerprint density at radius 2 is 1.68 bits per heavy atom. The van der Waals surface area contributed by atoms with Crippen LogP contribution in [0.3, 0.4) is 0 Å². The van der Waals surface area contributed by atoms with Gasteiger partial charge in [0.15, 0.2) is 6.61 Å². The van der Waals surface area contributed by atoms with E-state index in [4.69, 9.17) is 4.74 Å². The van der Waals surface area contributed by atoms with Crippen molar-refractivity contribution >= 4 is 44.2 Å². The molecule has 0 radical (unpaired) electrons. The van der Waals surface area contributed by atoms with E-state index >= 15 is 0 Å². The van der Waals surface area contributed by atoms with Crippen molar-refractivity contribution in [1.82, 2.24) is 9.80 Å². The van der Waals surface area contributed by atoms with Crippen LogP contribution in [0.4, 0.5) is 5.69 Å². The molecule has 3 aromatic rings. The van der Waals surface area contributed by atoms with E-state index in [1.54, 1.807) is 18.2 Å². The Morgan fingerprint density at radius 3 is 2.48 bits per heavy atom. The minimum Gasteiger partial charge on any atom is -0.483 e. The van der Waals surface area contributed by atoms with Crippen LogP contribution in [0.15, 0.2) is 65.1 Å². The van der Waals surface area contributed by atoms with Crippen LogP contribution in [0.1, 0.15) is 10.4 Å². The number of para-hydroxylation sites is 1. The van der Waals surface area contributed by atoms with Crippen LogP contribution >= 0.6 is 15.9 Å². The molecule has 160 valence electrons. The van der Waals surface area contributed by atoms with Crippen LogP contribution in [-0.2, 0) is 4.79 Å². The highest BCUT2D eigenvalue weighted by Gasteiger charge is 2.23. The number of rotatable bonds is 5. The molecular formula is C24H24BrN3O3. The number of fused-ring (bicyclic) bond motifs is 1. The number of nitrogens with zero attached hydrogens (tertiary/aromatic N) is 2. The predicted octanol–water partition coefficient (Wildman–Crippen LogP) is 4.01. The van der Waals surface area contributed by atoms with Gasteiger partial charge >= 0.3 is 0 Å². The summed E-state index contributed by atoms with van der Waals surface area (Å²) < 4.78 is 6.56. The summed E-state index contributed by atoms with van der Waals surface area (Å²) >= 11 is 3.57. The van der Waals surface area contributed by atoms with Crippen molar-refractivity contribution in [2.45, 2.75) is 0 Å². The number of nitrogens with one attached hydrogen (secondary N) is 1. The molecule has 1 aliphatic rings. The molecule has 6 nitrogen and oxygen atoms in total. The fourth-order valence-electron chi connectivity index (χ4n) is 3.61. The van der Waals surface area contributed by atoms with E-state index in [-0.39, 0.29) is 18.4 Å². The predicted molar refractivity (Wildman–Crippen MR) is 126 cm³/mol. The smallest absolute Gasteiger partial charge is 0.262 e. The number of carbonyl (C=O) groups excluding carboxylic acids is 2. The van der Waals surface area contributed by atoms with E-state index in [0.29, 0.717) is 30.1 Å². The Kier molecular flexibility index (Phi) is 6.53. The zero-order valence-corrected chi connectivity index (χ0v) is 18.9. The third-order valence-electron chi connectivity index (χ3n) is 5.41. The van der Waals surface area contributed by atoms with Crippen molar-refractivity contribution in [3.8, 4) is 5.75 Å². The lowest BCUT2D eigenvalue weighted by Gasteiger charge is -2.32. The number of likely N-dealkylation sites (N-methyl/N-ethyl adjacent to an activating group) is 1. The van der Waals surface area contributed by atoms with Gasteiger partial charge in [-0.25, -0.2) is 0 Å². The highest BCUT2D eigenvalue weighted by molar-refractivity contribution is 9.10. The number of ether oxygens (including phenoxy) is 1. The van der Waals surface area contributed by atoms with Crippen LogP contribution in [0, 0.1) is 0 Å². The van der Waals surface area contributed by atoms with Gasteiger partial charge < -0.3 is 19.9 Å². The van der Waals surface area contributed by atoms with Gasteiger partial charge in [0, 0.05) is 26.2 Å². The minimum atomic E-state index is -0.321. The van der Waals surface area contributed by atoms with Gasteiger partial charge in [0.05, 0.1) is 15.7 Å². The number of hydrogen-bond donors (Lipinski definition) is 1. The summed E-state index contributed by atoms with van der Waals surface area (Å²) in [5.41, 5.74) is 0.991. The molecule has 0 unspecified atom stereocenters. The molecule has 0 spiro atoms. The SMILES string of the molecule is CN1CCN(C(=O)c2ccccc2NC(=O)COc2ccc3ccccc3c2Br)CC1. The summed E-state index contributed by atoms with van der Waals surface area (Å²) in [6.07, 6.45) is 0. The normalized spacial score (nSPS) is 14.5. The maximum atomic E-state index is 13.0. The lowest BCUT2D eigenvalue weighted by atomic mass is 10.1. The van der Waals surface area contributed by atoms with Gasteiger partial charge in [0.2, 0.25) is 0 Å². The molecule has 0 atom stereocenters. The summed E-state index contributed by atoms with van der Waals surface area (Å²) in [5, 5.41) is 4.93. The Morgan fingerprint density at radius 1 is 0.968 bits per heavy atom. The molecule has 1 aliphatic heterocycles. The summed E-state index contributed by atoms with van der Waals surface area (Å²) in [5.74, 6) is 0.205. The molecule has 3 aromatic carbocycles. The van der Waals surface area contributed by atoms with Gasteiger partial charge in [-0.1, -0.05) is 42.5 Å². The Hall–Kier alpha value is -2.90. The standard InChI is InChI=1S/C24H24BrN3O3/c1-27-12-14-28(15-13-27)24(30)19-8-4-5-9-20(19)26-22(29)16-31-21-11-10-17-6-2-3-7-18(17)23(21)25/h2-11H,12-16H2,1H3,(H,26,29). The molecule has 31 heavy (non-hydrogen) atoms. The van der Waals surface area contributed by atoms with Crippen molar-refractivity contribution in [3.05, 3.63) is 70.7 Å². The van der Waals surface area contributed by atoms with Crippen molar-refractivity contribution in [2.75, 3.05) is 45.2 Å². The van der Waals surface area contributed by atoms with Gasteiger partial charge in [0.25, 0.3) is 11.8 Å². The molecule has 0 aromatic heterocycles. The Balaban J connectivity index is 1.42. The molecule has 0 aliphatic carbocycles. The molecule has 1 fully saturated rings. The summed E-state index contributed by atoms with van der Waals surface area (Å²) in [4.78, 5) is 29.6. The molecule has 7 heteroatoms. The third-order valence-corrected chi connectivity index (χ3v) is 6.23. The van der Waals surface area contributed by atoms with Crippen LogP contribution in [0.5, 0.6) is 5.75 Å². The van der Waals surface area contributed by atoms with Gasteiger partial charge in [-0.15, -0.1) is 0 Å². The highest BCUT2D eigenvalue weighted by Crippen LogP contribution is 2.33. The first kappa shape index (κ1) is 21.3. The van der Waals surface area contributed by atoms with E-state index in [0.717, 1.165) is 28.3 Å². The fourth-order valence-corrected chi connectivity index (χ4v) is 4.22. The Bertz CT molecular complexity index is 1110.